The van der Waals surface area contributed by atoms with E-state index in [1.807, 2.05) is 11.0 Å². The number of hydrogen-bond acceptors (Lipinski definition) is 6. The summed E-state index contributed by atoms with van der Waals surface area (Å²) in [5.41, 5.74) is 0.993. The van der Waals surface area contributed by atoms with Gasteiger partial charge in [-0.3, -0.25) is 14.4 Å². The molecule has 0 amide bonds. The highest BCUT2D eigenvalue weighted by Crippen LogP contribution is 2.62. The summed E-state index contributed by atoms with van der Waals surface area (Å²) in [6, 6.07) is 23.3. The monoisotopic (exact) mass is 559 g/mol. The third-order valence-corrected chi connectivity index (χ3v) is 8.86. The predicted octanol–water partition coefficient (Wildman–Crippen LogP) is 6.16. The maximum atomic E-state index is 14.8. The number of methoxy groups -OCH3 is 2. The summed E-state index contributed by atoms with van der Waals surface area (Å²) in [6.07, 6.45) is 3.50. The standard InChI is InChI=1S/C35H26FNO5/c1-41-23-14-16-28(42-2)26(19-23)30-31(32(38)20-8-4-3-5-9-20)37-27-15-13-22(36)18-21(27)12-17-29(37)35(30)33(39)24-10-6-7-11-25(24)34(35)40/h3-19,29-31H,1-2H3/t29-,30+,31-/m1/s1. The molecule has 1 aliphatic carbocycles. The summed E-state index contributed by atoms with van der Waals surface area (Å²) < 4.78 is 25.8. The van der Waals surface area contributed by atoms with E-state index >= 15 is 0 Å². The van der Waals surface area contributed by atoms with Crippen molar-refractivity contribution in [3.63, 3.8) is 0 Å². The van der Waals surface area contributed by atoms with Crippen molar-refractivity contribution in [1.82, 2.24) is 0 Å². The average molecular weight is 560 g/mol. The summed E-state index contributed by atoms with van der Waals surface area (Å²) in [5.74, 6) is -1.47. The molecule has 208 valence electrons. The summed E-state index contributed by atoms with van der Waals surface area (Å²) in [7, 11) is 3.04. The smallest absolute Gasteiger partial charge is 0.185 e. The van der Waals surface area contributed by atoms with Crippen LogP contribution in [0.5, 0.6) is 11.5 Å². The number of carbonyl (C=O) groups excluding carboxylic acids is 3. The summed E-state index contributed by atoms with van der Waals surface area (Å²) in [6.45, 7) is 0. The van der Waals surface area contributed by atoms with E-state index in [0.717, 1.165) is 0 Å². The molecule has 0 bridgehead atoms. The Kier molecular flexibility index (Phi) is 5.87. The van der Waals surface area contributed by atoms with Crippen molar-refractivity contribution in [2.24, 2.45) is 5.41 Å². The van der Waals surface area contributed by atoms with E-state index in [0.29, 0.717) is 45.0 Å². The Morgan fingerprint density at radius 1 is 0.833 bits per heavy atom. The minimum absolute atomic E-state index is 0.269. The quantitative estimate of drug-likeness (QED) is 0.216. The second kappa shape index (κ2) is 9.52. The Hall–Kier alpha value is -5.04. The van der Waals surface area contributed by atoms with Gasteiger partial charge in [0.2, 0.25) is 0 Å². The van der Waals surface area contributed by atoms with Crippen molar-refractivity contribution in [1.29, 1.82) is 0 Å². The predicted molar refractivity (Wildman–Crippen MR) is 156 cm³/mol. The van der Waals surface area contributed by atoms with Crippen LogP contribution >= 0.6 is 0 Å². The number of carbonyl (C=O) groups is 3. The Morgan fingerprint density at radius 2 is 1.52 bits per heavy atom. The van der Waals surface area contributed by atoms with Gasteiger partial charge in [0.15, 0.2) is 17.3 Å². The molecule has 0 saturated carbocycles. The van der Waals surface area contributed by atoms with Gasteiger partial charge in [-0.2, -0.15) is 0 Å². The van der Waals surface area contributed by atoms with Gasteiger partial charge < -0.3 is 14.4 Å². The van der Waals surface area contributed by atoms with Crippen molar-refractivity contribution < 1.29 is 28.2 Å². The first-order valence-corrected chi connectivity index (χ1v) is 13.7. The maximum absolute atomic E-state index is 14.8. The number of benzene rings is 4. The zero-order valence-corrected chi connectivity index (χ0v) is 22.9. The van der Waals surface area contributed by atoms with Gasteiger partial charge >= 0.3 is 0 Å². The van der Waals surface area contributed by atoms with E-state index in [1.165, 1.54) is 26.4 Å². The van der Waals surface area contributed by atoms with Crippen LogP contribution in [0.15, 0.2) is 97.1 Å². The highest BCUT2D eigenvalue weighted by atomic mass is 19.1. The lowest BCUT2D eigenvalue weighted by Gasteiger charge is -2.37. The Morgan fingerprint density at radius 3 is 2.19 bits per heavy atom. The third kappa shape index (κ3) is 3.40. The number of halogens is 1. The van der Waals surface area contributed by atoms with Gasteiger partial charge in [-0.15, -0.1) is 0 Å². The number of nitrogens with zero attached hydrogens (tertiary/aromatic N) is 1. The lowest BCUT2D eigenvalue weighted by atomic mass is 9.64. The number of anilines is 1. The van der Waals surface area contributed by atoms with Crippen LogP contribution in [0, 0.1) is 11.2 Å². The second-order valence-corrected chi connectivity index (χ2v) is 10.7. The molecule has 2 heterocycles. The van der Waals surface area contributed by atoms with Crippen LogP contribution in [0.3, 0.4) is 0 Å². The van der Waals surface area contributed by atoms with E-state index in [1.54, 1.807) is 84.9 Å². The molecule has 0 unspecified atom stereocenters. The lowest BCUT2D eigenvalue weighted by molar-refractivity contribution is 0.0664. The summed E-state index contributed by atoms with van der Waals surface area (Å²) >= 11 is 0. The number of Topliss-reactive ketones (excluding diaryl/α,β-unsaturated/α-hetero) is 3. The highest BCUT2D eigenvalue weighted by molar-refractivity contribution is 6.32. The molecule has 4 aromatic carbocycles. The van der Waals surface area contributed by atoms with Gasteiger partial charge in [0.05, 0.1) is 20.3 Å². The molecular formula is C35H26FNO5. The lowest BCUT2D eigenvalue weighted by Crippen LogP contribution is -2.48. The molecule has 1 fully saturated rings. The van der Waals surface area contributed by atoms with Gasteiger partial charge in [-0.1, -0.05) is 66.7 Å². The zero-order chi connectivity index (χ0) is 29.2. The van der Waals surface area contributed by atoms with E-state index in [4.69, 9.17) is 9.47 Å². The molecule has 1 saturated heterocycles. The largest absolute Gasteiger partial charge is 0.497 e. The molecule has 1 spiro atoms. The molecule has 0 radical (unpaired) electrons. The third-order valence-electron chi connectivity index (χ3n) is 8.86. The van der Waals surface area contributed by atoms with Gasteiger partial charge in [-0.05, 0) is 36.4 Å². The number of fused-ring (bicyclic) bond motifs is 5. The summed E-state index contributed by atoms with van der Waals surface area (Å²) in [4.78, 5) is 46.1. The van der Waals surface area contributed by atoms with Crippen LogP contribution in [-0.2, 0) is 0 Å². The molecule has 7 rings (SSSR count). The topological polar surface area (TPSA) is 72.9 Å². The van der Waals surface area contributed by atoms with E-state index in [-0.39, 0.29) is 17.3 Å². The van der Waals surface area contributed by atoms with Crippen LogP contribution in [0.25, 0.3) is 6.08 Å². The van der Waals surface area contributed by atoms with Crippen LogP contribution in [0.4, 0.5) is 10.1 Å². The van der Waals surface area contributed by atoms with Crippen molar-refractivity contribution in [2.75, 3.05) is 19.1 Å². The fourth-order valence-corrected chi connectivity index (χ4v) is 7.15. The molecule has 3 aliphatic rings. The van der Waals surface area contributed by atoms with Gasteiger partial charge in [0.1, 0.15) is 28.8 Å². The van der Waals surface area contributed by atoms with Crippen molar-refractivity contribution in [3.05, 3.63) is 131 Å². The molecule has 7 heteroatoms. The van der Waals surface area contributed by atoms with Gasteiger partial charge in [-0.25, -0.2) is 4.39 Å². The van der Waals surface area contributed by atoms with Crippen molar-refractivity contribution in [3.8, 4) is 11.5 Å². The number of ketones is 3. The fourth-order valence-electron chi connectivity index (χ4n) is 7.15. The molecule has 0 N–H and O–H groups in total. The minimum atomic E-state index is -1.71. The first kappa shape index (κ1) is 25.9. The van der Waals surface area contributed by atoms with E-state index < -0.39 is 29.2 Å². The van der Waals surface area contributed by atoms with Crippen LogP contribution in [0.1, 0.15) is 48.1 Å². The van der Waals surface area contributed by atoms with Crippen LogP contribution in [-0.4, -0.2) is 43.7 Å². The molecule has 0 aromatic heterocycles. The zero-order valence-electron chi connectivity index (χ0n) is 22.9. The molecule has 4 aromatic rings. The number of hydrogen-bond donors (Lipinski definition) is 0. The van der Waals surface area contributed by atoms with E-state index in [2.05, 4.69) is 0 Å². The minimum Gasteiger partial charge on any atom is -0.497 e. The first-order valence-electron chi connectivity index (χ1n) is 13.7. The molecule has 3 atom stereocenters. The SMILES string of the molecule is COc1ccc(OC)c([C@H]2[C@H](C(=O)c3ccccc3)N3c4ccc(F)cc4C=C[C@@H]3C23C(=O)c2ccccc2C3=O)c1. The Balaban J connectivity index is 1.59. The second-order valence-electron chi connectivity index (χ2n) is 10.7. The van der Waals surface area contributed by atoms with Crippen LogP contribution < -0.4 is 14.4 Å². The Bertz CT molecular complexity index is 1780. The molecule has 6 nitrogen and oxygen atoms in total. The normalized spacial score (nSPS) is 21.2. The maximum Gasteiger partial charge on any atom is 0.185 e. The van der Waals surface area contributed by atoms with Crippen LogP contribution in [0.2, 0.25) is 0 Å². The van der Waals surface area contributed by atoms with Gasteiger partial charge in [0, 0.05) is 39.4 Å². The van der Waals surface area contributed by atoms with E-state index in [9.17, 15) is 18.8 Å². The number of rotatable bonds is 5. The first-order chi connectivity index (χ1) is 20.4. The fraction of sp³-hybridized carbons (Fsp3) is 0.171. The number of ether oxygens (including phenoxy) is 2. The van der Waals surface area contributed by atoms with Crippen molar-refractivity contribution >= 4 is 29.1 Å². The molecule has 2 aliphatic heterocycles. The highest BCUT2D eigenvalue weighted by Gasteiger charge is 2.72. The molecular weight excluding hydrogens is 533 g/mol. The average Bonchev–Trinajstić information content (AvgIpc) is 3.46. The van der Waals surface area contributed by atoms with Crippen molar-refractivity contribution in [2.45, 2.75) is 18.0 Å². The Labute approximate surface area is 242 Å². The summed E-state index contributed by atoms with van der Waals surface area (Å²) in [5, 5.41) is 0. The van der Waals surface area contributed by atoms with Gasteiger partial charge in [0.25, 0.3) is 0 Å². The molecule has 42 heavy (non-hydrogen) atoms.